The van der Waals surface area contributed by atoms with Gasteiger partial charge >= 0.3 is 5.97 Å². The molecule has 1 spiro atoms. The van der Waals surface area contributed by atoms with Crippen molar-refractivity contribution >= 4 is 34.4 Å². The van der Waals surface area contributed by atoms with Crippen LogP contribution >= 0.6 is 11.6 Å². The van der Waals surface area contributed by atoms with Crippen LogP contribution in [-0.2, 0) is 11.3 Å². The first-order valence-corrected chi connectivity index (χ1v) is 11.9. The number of rotatable bonds is 6. The zero-order valence-electron chi connectivity index (χ0n) is 18.8. The number of hydrogen-bond donors (Lipinski definition) is 2. The minimum atomic E-state index is -0.705. The summed E-state index contributed by atoms with van der Waals surface area (Å²) >= 11 is 6.42. The van der Waals surface area contributed by atoms with Crippen molar-refractivity contribution in [1.82, 2.24) is 15.1 Å². The number of carbonyl (C=O) groups excluding carboxylic acids is 1. The van der Waals surface area contributed by atoms with E-state index in [2.05, 4.69) is 48.5 Å². The SMILES string of the molecule is CC(C)c1ccc(Cn2ncc3c(Cl)ccc(C(=O)NC4CC5(C4)CC(C(=O)O)C5)c32)cc1. The summed E-state index contributed by atoms with van der Waals surface area (Å²) in [5.74, 6) is -0.591. The first kappa shape index (κ1) is 22.0. The Balaban J connectivity index is 1.33. The highest BCUT2D eigenvalue weighted by Crippen LogP contribution is 2.58. The highest BCUT2D eigenvalue weighted by atomic mass is 35.5. The van der Waals surface area contributed by atoms with E-state index in [9.17, 15) is 9.59 Å². The molecule has 1 aromatic heterocycles. The van der Waals surface area contributed by atoms with Crippen LogP contribution < -0.4 is 5.32 Å². The predicted octanol–water partition coefficient (Wildman–Crippen LogP) is 5.23. The van der Waals surface area contributed by atoms with Crippen LogP contribution in [0.3, 0.4) is 0 Å². The van der Waals surface area contributed by atoms with Gasteiger partial charge in [0.25, 0.3) is 5.91 Å². The maximum Gasteiger partial charge on any atom is 0.306 e. The Hall–Kier alpha value is -2.86. The van der Waals surface area contributed by atoms with E-state index in [4.69, 9.17) is 16.7 Å². The Morgan fingerprint density at radius 2 is 1.85 bits per heavy atom. The van der Waals surface area contributed by atoms with Gasteiger partial charge in [0.1, 0.15) is 0 Å². The number of nitrogens with one attached hydrogen (secondary N) is 1. The molecule has 0 saturated heterocycles. The number of hydrogen-bond acceptors (Lipinski definition) is 3. The molecule has 172 valence electrons. The lowest BCUT2D eigenvalue weighted by Crippen LogP contribution is -2.57. The molecule has 0 atom stereocenters. The van der Waals surface area contributed by atoms with Gasteiger partial charge in [-0.05, 0) is 60.3 Å². The van der Waals surface area contributed by atoms with E-state index in [0.717, 1.165) is 42.1 Å². The molecular weight excluding hydrogens is 438 g/mol. The molecule has 0 aliphatic heterocycles. The van der Waals surface area contributed by atoms with Crippen LogP contribution in [0.2, 0.25) is 5.02 Å². The molecule has 0 bridgehead atoms. The molecule has 0 radical (unpaired) electrons. The number of benzene rings is 2. The van der Waals surface area contributed by atoms with Crippen molar-refractivity contribution in [3.8, 4) is 0 Å². The third-order valence-corrected chi connectivity index (χ3v) is 7.70. The Labute approximate surface area is 197 Å². The Bertz CT molecular complexity index is 1220. The first-order chi connectivity index (χ1) is 15.7. The van der Waals surface area contributed by atoms with Crippen LogP contribution in [0.25, 0.3) is 10.9 Å². The summed E-state index contributed by atoms with van der Waals surface area (Å²) in [5, 5.41) is 18.1. The van der Waals surface area contributed by atoms with E-state index in [1.54, 1.807) is 18.3 Å². The molecule has 3 aromatic rings. The summed E-state index contributed by atoms with van der Waals surface area (Å²) in [6, 6.07) is 12.1. The van der Waals surface area contributed by atoms with Crippen LogP contribution in [0, 0.1) is 11.3 Å². The van der Waals surface area contributed by atoms with E-state index in [0.29, 0.717) is 23.0 Å². The number of nitrogens with zero attached hydrogens (tertiary/aromatic N) is 2. The number of amides is 1. The second-order valence-electron chi connectivity index (χ2n) is 10.1. The van der Waals surface area contributed by atoms with Gasteiger partial charge in [-0.2, -0.15) is 5.10 Å². The van der Waals surface area contributed by atoms with Crippen LogP contribution in [0.15, 0.2) is 42.6 Å². The molecular formula is C26H28ClN3O3. The predicted molar refractivity (Wildman–Crippen MR) is 128 cm³/mol. The molecule has 33 heavy (non-hydrogen) atoms. The minimum Gasteiger partial charge on any atom is -0.481 e. The first-order valence-electron chi connectivity index (χ1n) is 11.5. The lowest BCUT2D eigenvalue weighted by molar-refractivity contribution is -0.155. The number of carboxylic acids is 1. The van der Waals surface area contributed by atoms with E-state index >= 15 is 0 Å². The fourth-order valence-corrected chi connectivity index (χ4v) is 5.70. The van der Waals surface area contributed by atoms with Gasteiger partial charge < -0.3 is 10.4 Å². The lowest BCUT2D eigenvalue weighted by Gasteiger charge is -2.56. The second-order valence-corrected chi connectivity index (χ2v) is 10.5. The van der Waals surface area contributed by atoms with Gasteiger partial charge in [-0.3, -0.25) is 14.3 Å². The second kappa shape index (κ2) is 8.17. The molecule has 2 aliphatic carbocycles. The van der Waals surface area contributed by atoms with Crippen molar-refractivity contribution in [3.63, 3.8) is 0 Å². The van der Waals surface area contributed by atoms with Gasteiger partial charge in [0.05, 0.1) is 34.8 Å². The average molecular weight is 466 g/mol. The zero-order chi connectivity index (χ0) is 23.3. The fourth-order valence-electron chi connectivity index (χ4n) is 5.50. The summed E-state index contributed by atoms with van der Waals surface area (Å²) < 4.78 is 1.84. The summed E-state index contributed by atoms with van der Waals surface area (Å²) in [4.78, 5) is 24.3. The van der Waals surface area contributed by atoms with Gasteiger partial charge in [-0.25, -0.2) is 0 Å². The lowest BCUT2D eigenvalue weighted by atomic mass is 9.50. The number of carboxylic acid groups (broad SMARTS) is 1. The maximum absolute atomic E-state index is 13.2. The molecule has 1 amide bonds. The number of fused-ring (bicyclic) bond motifs is 1. The molecule has 2 aromatic carbocycles. The monoisotopic (exact) mass is 465 g/mol. The van der Waals surface area contributed by atoms with Crippen molar-refractivity contribution in [3.05, 3.63) is 64.3 Å². The van der Waals surface area contributed by atoms with Gasteiger partial charge in [0, 0.05) is 11.4 Å². The van der Waals surface area contributed by atoms with Crippen molar-refractivity contribution in [2.75, 3.05) is 0 Å². The third-order valence-electron chi connectivity index (χ3n) is 7.37. The van der Waals surface area contributed by atoms with Crippen molar-refractivity contribution in [2.45, 2.75) is 58.0 Å². The molecule has 2 fully saturated rings. The fraction of sp³-hybridized carbons (Fsp3) is 0.423. The largest absolute Gasteiger partial charge is 0.481 e. The van der Waals surface area contributed by atoms with E-state index in [1.165, 1.54) is 5.56 Å². The van der Waals surface area contributed by atoms with Crippen LogP contribution in [0.4, 0.5) is 0 Å². The van der Waals surface area contributed by atoms with Crippen LogP contribution in [0.1, 0.15) is 66.9 Å². The molecule has 2 aliphatic rings. The Kier molecular flexibility index (Phi) is 5.44. The van der Waals surface area contributed by atoms with Gasteiger partial charge in [0.2, 0.25) is 0 Å². The third kappa shape index (κ3) is 4.01. The number of aliphatic carboxylic acids is 1. The Morgan fingerprint density at radius 1 is 1.15 bits per heavy atom. The Morgan fingerprint density at radius 3 is 2.48 bits per heavy atom. The van der Waals surface area contributed by atoms with E-state index in [1.807, 2.05) is 4.68 Å². The number of halogens is 1. The standard InChI is InChI=1S/C26H28ClN3O3/c1-15(2)17-5-3-16(4-6-17)14-30-23-20(7-8-22(27)21(23)13-28-30)24(31)29-19-11-26(12-19)9-18(10-26)25(32)33/h3-8,13,15,18-19H,9-12,14H2,1-2H3,(H,29,31)(H,32,33). The quantitative estimate of drug-likeness (QED) is 0.521. The minimum absolute atomic E-state index is 0.0814. The highest BCUT2D eigenvalue weighted by molar-refractivity contribution is 6.36. The van der Waals surface area contributed by atoms with Crippen molar-refractivity contribution in [2.24, 2.45) is 11.3 Å². The van der Waals surface area contributed by atoms with Crippen LogP contribution in [-0.4, -0.2) is 32.8 Å². The van der Waals surface area contributed by atoms with Gasteiger partial charge in [-0.15, -0.1) is 0 Å². The van der Waals surface area contributed by atoms with Crippen LogP contribution in [0.5, 0.6) is 0 Å². The summed E-state index contributed by atoms with van der Waals surface area (Å²) in [5.41, 5.74) is 3.79. The summed E-state index contributed by atoms with van der Waals surface area (Å²) in [7, 11) is 0. The molecule has 7 heteroatoms. The van der Waals surface area contributed by atoms with Gasteiger partial charge in [0.15, 0.2) is 0 Å². The topological polar surface area (TPSA) is 84.2 Å². The van der Waals surface area contributed by atoms with Crippen molar-refractivity contribution < 1.29 is 14.7 Å². The molecule has 6 nitrogen and oxygen atoms in total. The average Bonchev–Trinajstić information content (AvgIpc) is 3.13. The number of aromatic nitrogens is 2. The van der Waals surface area contributed by atoms with Gasteiger partial charge in [-0.1, -0.05) is 49.7 Å². The summed E-state index contributed by atoms with van der Waals surface area (Å²) in [6.07, 6.45) is 4.86. The molecule has 2 saturated carbocycles. The normalized spacial score (nSPS) is 24.0. The molecule has 5 rings (SSSR count). The number of carbonyl (C=O) groups is 2. The highest BCUT2D eigenvalue weighted by Gasteiger charge is 2.55. The summed E-state index contributed by atoms with van der Waals surface area (Å²) in [6.45, 7) is 4.89. The smallest absolute Gasteiger partial charge is 0.306 e. The molecule has 2 N–H and O–H groups in total. The molecule has 1 heterocycles. The van der Waals surface area contributed by atoms with Crippen molar-refractivity contribution in [1.29, 1.82) is 0 Å². The van der Waals surface area contributed by atoms with E-state index in [-0.39, 0.29) is 23.3 Å². The van der Waals surface area contributed by atoms with E-state index < -0.39 is 5.97 Å². The zero-order valence-corrected chi connectivity index (χ0v) is 19.6. The molecule has 0 unspecified atom stereocenters. The maximum atomic E-state index is 13.2.